The second-order valence-corrected chi connectivity index (χ2v) is 10.2. The molecule has 0 saturated carbocycles. The summed E-state index contributed by atoms with van der Waals surface area (Å²) >= 11 is 0. The van der Waals surface area contributed by atoms with E-state index in [0.717, 1.165) is 4.90 Å². The van der Waals surface area contributed by atoms with E-state index in [4.69, 9.17) is 0 Å². The number of hydrogen-bond acceptors (Lipinski definition) is 5. The Bertz CT molecular complexity index is 879. The minimum atomic E-state index is -3.15. The van der Waals surface area contributed by atoms with Crippen LogP contribution in [0.1, 0.15) is 42.6 Å². The maximum absolute atomic E-state index is 12.8. The summed E-state index contributed by atoms with van der Waals surface area (Å²) in [6.07, 6.45) is 0.205. The average molecular weight is 407 g/mol. The van der Waals surface area contributed by atoms with Gasteiger partial charge >= 0.3 is 6.03 Å². The molecule has 0 aliphatic carbocycles. The van der Waals surface area contributed by atoms with Crippen LogP contribution in [0.2, 0.25) is 0 Å². The van der Waals surface area contributed by atoms with Gasteiger partial charge in [0.1, 0.15) is 5.54 Å². The molecule has 152 valence electrons. The molecule has 2 aliphatic heterocycles. The summed E-state index contributed by atoms with van der Waals surface area (Å²) in [6, 6.07) is 6.23. The van der Waals surface area contributed by atoms with Gasteiger partial charge in [-0.25, -0.2) is 13.2 Å². The second-order valence-electron chi connectivity index (χ2n) is 7.86. The molecule has 0 aromatic heterocycles. The van der Waals surface area contributed by atoms with Crippen LogP contribution in [0.4, 0.5) is 4.79 Å². The van der Waals surface area contributed by atoms with Crippen LogP contribution in [0.5, 0.6) is 0 Å². The van der Waals surface area contributed by atoms with E-state index in [9.17, 15) is 22.8 Å². The summed E-state index contributed by atoms with van der Waals surface area (Å²) in [5.74, 6) is -0.408. The van der Waals surface area contributed by atoms with Gasteiger partial charge in [-0.05, 0) is 36.5 Å². The predicted octanol–water partition coefficient (Wildman–Crippen LogP) is 1.07. The number of benzene rings is 1. The van der Waals surface area contributed by atoms with E-state index in [2.05, 4.69) is 10.6 Å². The van der Waals surface area contributed by atoms with Gasteiger partial charge in [0.25, 0.3) is 11.8 Å². The first-order valence-electron chi connectivity index (χ1n) is 9.34. The van der Waals surface area contributed by atoms with Crippen LogP contribution in [0.15, 0.2) is 24.3 Å². The molecule has 0 radical (unpaired) electrons. The predicted molar refractivity (Wildman–Crippen MR) is 103 cm³/mol. The van der Waals surface area contributed by atoms with Gasteiger partial charge in [0.05, 0.1) is 18.1 Å². The number of carbonyl (C=O) groups excluding carboxylic acids is 3. The molecule has 2 N–H and O–H groups in total. The van der Waals surface area contributed by atoms with E-state index in [1.807, 2.05) is 13.8 Å². The minimum absolute atomic E-state index is 0.0764. The van der Waals surface area contributed by atoms with Crippen molar-refractivity contribution in [2.75, 3.05) is 18.1 Å². The van der Waals surface area contributed by atoms with E-state index in [1.54, 1.807) is 24.3 Å². The van der Waals surface area contributed by atoms with Crippen LogP contribution in [0, 0.1) is 5.92 Å². The molecule has 1 spiro atoms. The molecule has 9 heteroatoms. The van der Waals surface area contributed by atoms with E-state index >= 15 is 0 Å². The highest BCUT2D eigenvalue weighted by molar-refractivity contribution is 7.91. The van der Waals surface area contributed by atoms with Gasteiger partial charge < -0.3 is 10.6 Å². The summed E-state index contributed by atoms with van der Waals surface area (Å²) in [5, 5.41) is 5.53. The van der Waals surface area contributed by atoms with Gasteiger partial charge in [0, 0.05) is 12.1 Å². The van der Waals surface area contributed by atoms with Crippen LogP contribution >= 0.6 is 0 Å². The SMILES string of the molecule is CC(C)CNC(=O)c1ccc(CN2C(=O)NC3(CCS(=O)(=O)CC3)C2=O)cc1. The highest BCUT2D eigenvalue weighted by Gasteiger charge is 2.53. The van der Waals surface area contributed by atoms with Crippen molar-refractivity contribution >= 4 is 27.7 Å². The molecule has 2 heterocycles. The molecule has 4 amide bonds. The fourth-order valence-corrected chi connectivity index (χ4v) is 4.91. The van der Waals surface area contributed by atoms with Crippen molar-refractivity contribution in [1.29, 1.82) is 0 Å². The number of sulfone groups is 1. The quantitative estimate of drug-likeness (QED) is 0.709. The summed E-state index contributed by atoms with van der Waals surface area (Å²) in [5.41, 5.74) is 0.110. The fraction of sp³-hybridized carbons (Fsp3) is 0.526. The molecule has 2 aliphatic rings. The Morgan fingerprint density at radius 2 is 1.79 bits per heavy atom. The molecule has 1 aromatic rings. The van der Waals surface area contributed by atoms with Crippen molar-refractivity contribution in [3.8, 4) is 0 Å². The largest absolute Gasteiger partial charge is 0.352 e. The Balaban J connectivity index is 1.66. The number of hydrogen-bond donors (Lipinski definition) is 2. The molecule has 0 atom stereocenters. The summed E-state index contributed by atoms with van der Waals surface area (Å²) < 4.78 is 23.3. The van der Waals surface area contributed by atoms with Crippen LogP contribution in [-0.2, 0) is 21.2 Å². The maximum Gasteiger partial charge on any atom is 0.325 e. The second kappa shape index (κ2) is 7.54. The van der Waals surface area contributed by atoms with Gasteiger partial charge in [-0.3, -0.25) is 14.5 Å². The Morgan fingerprint density at radius 1 is 1.18 bits per heavy atom. The van der Waals surface area contributed by atoms with Gasteiger partial charge in [-0.1, -0.05) is 26.0 Å². The van der Waals surface area contributed by atoms with E-state index in [0.29, 0.717) is 23.6 Å². The Hall–Kier alpha value is -2.42. The third-order valence-electron chi connectivity index (χ3n) is 5.15. The van der Waals surface area contributed by atoms with Crippen molar-refractivity contribution in [1.82, 2.24) is 15.5 Å². The average Bonchev–Trinajstić information content (AvgIpc) is 2.87. The van der Waals surface area contributed by atoms with Crippen molar-refractivity contribution < 1.29 is 22.8 Å². The van der Waals surface area contributed by atoms with Crippen molar-refractivity contribution in [2.24, 2.45) is 5.92 Å². The molecule has 2 fully saturated rings. The zero-order valence-electron chi connectivity index (χ0n) is 16.0. The van der Waals surface area contributed by atoms with Crippen molar-refractivity contribution in [3.05, 3.63) is 35.4 Å². The molecule has 8 nitrogen and oxygen atoms in total. The summed E-state index contributed by atoms with van der Waals surface area (Å²) in [4.78, 5) is 38.3. The Labute approximate surface area is 164 Å². The number of carbonyl (C=O) groups is 3. The zero-order chi connectivity index (χ0) is 20.5. The topological polar surface area (TPSA) is 113 Å². The molecule has 2 saturated heterocycles. The van der Waals surface area contributed by atoms with Crippen LogP contribution < -0.4 is 10.6 Å². The Kier molecular flexibility index (Phi) is 5.47. The van der Waals surface area contributed by atoms with E-state index in [-0.39, 0.29) is 42.7 Å². The van der Waals surface area contributed by atoms with Crippen LogP contribution in [0.25, 0.3) is 0 Å². The van der Waals surface area contributed by atoms with Gasteiger partial charge in [0.15, 0.2) is 9.84 Å². The third-order valence-corrected chi connectivity index (χ3v) is 6.81. The fourth-order valence-electron chi connectivity index (χ4n) is 3.39. The van der Waals surface area contributed by atoms with Gasteiger partial charge in [-0.15, -0.1) is 0 Å². The number of nitrogens with zero attached hydrogens (tertiary/aromatic N) is 1. The molecular weight excluding hydrogens is 382 g/mol. The number of imide groups is 1. The highest BCUT2D eigenvalue weighted by Crippen LogP contribution is 2.31. The number of urea groups is 1. The monoisotopic (exact) mass is 407 g/mol. The normalized spacial score (nSPS) is 20.5. The first kappa shape index (κ1) is 20.3. The third kappa shape index (κ3) is 4.19. The number of amides is 4. The molecule has 1 aromatic carbocycles. The molecule has 0 unspecified atom stereocenters. The molecular formula is C19H25N3O5S. The van der Waals surface area contributed by atoms with Gasteiger partial charge in [0.2, 0.25) is 0 Å². The van der Waals surface area contributed by atoms with Crippen LogP contribution in [-0.4, -0.2) is 54.8 Å². The van der Waals surface area contributed by atoms with Gasteiger partial charge in [-0.2, -0.15) is 0 Å². The Morgan fingerprint density at radius 3 is 2.36 bits per heavy atom. The maximum atomic E-state index is 12.8. The lowest BCUT2D eigenvalue weighted by Gasteiger charge is -2.30. The zero-order valence-corrected chi connectivity index (χ0v) is 16.8. The standard InChI is InChI=1S/C19H25N3O5S/c1-13(2)11-20-16(23)15-5-3-14(4-6-15)12-22-17(24)19(21-18(22)25)7-9-28(26,27)10-8-19/h3-6,13H,7-12H2,1-2H3,(H,20,23)(H,21,25). The minimum Gasteiger partial charge on any atom is -0.352 e. The summed E-state index contributed by atoms with van der Waals surface area (Å²) in [7, 11) is -3.15. The van der Waals surface area contributed by atoms with Crippen molar-refractivity contribution in [3.63, 3.8) is 0 Å². The first-order valence-corrected chi connectivity index (χ1v) is 11.2. The van der Waals surface area contributed by atoms with Crippen molar-refractivity contribution in [2.45, 2.75) is 38.8 Å². The van der Waals surface area contributed by atoms with E-state index < -0.39 is 21.4 Å². The van der Waals surface area contributed by atoms with E-state index in [1.165, 1.54) is 0 Å². The lowest BCUT2D eigenvalue weighted by molar-refractivity contribution is -0.132. The van der Waals surface area contributed by atoms with Crippen LogP contribution in [0.3, 0.4) is 0 Å². The molecule has 28 heavy (non-hydrogen) atoms. The lowest BCUT2D eigenvalue weighted by atomic mass is 9.92. The molecule has 0 bridgehead atoms. The lowest BCUT2D eigenvalue weighted by Crippen LogP contribution is -2.52. The number of rotatable bonds is 5. The first-order chi connectivity index (χ1) is 13.1. The number of nitrogens with one attached hydrogen (secondary N) is 2. The summed E-state index contributed by atoms with van der Waals surface area (Å²) in [6.45, 7) is 4.68. The molecule has 3 rings (SSSR count). The highest BCUT2D eigenvalue weighted by atomic mass is 32.2. The smallest absolute Gasteiger partial charge is 0.325 e.